The monoisotopic (exact) mass is 425 g/mol. The average molecular weight is 426 g/mol. The number of thiophene rings is 1. The van der Waals surface area contributed by atoms with Gasteiger partial charge in [0.2, 0.25) is 5.91 Å². The van der Waals surface area contributed by atoms with Gasteiger partial charge in [0.05, 0.1) is 21.7 Å². The zero-order chi connectivity index (χ0) is 20.2. The Morgan fingerprint density at radius 2 is 1.72 bits per heavy atom. The van der Waals surface area contributed by atoms with E-state index in [0.29, 0.717) is 42.1 Å². The second kappa shape index (κ2) is 8.67. The van der Waals surface area contributed by atoms with E-state index in [-0.39, 0.29) is 17.7 Å². The van der Waals surface area contributed by atoms with Crippen molar-refractivity contribution in [2.75, 3.05) is 11.9 Å². The highest BCUT2D eigenvalue weighted by atomic mass is 32.1. The Morgan fingerprint density at radius 3 is 2.41 bits per heavy atom. The van der Waals surface area contributed by atoms with Crippen molar-refractivity contribution in [3.05, 3.63) is 58.3 Å². The van der Waals surface area contributed by atoms with Crippen LogP contribution < -0.4 is 5.32 Å². The van der Waals surface area contributed by atoms with Crippen LogP contribution in [0.5, 0.6) is 0 Å². The third-order valence-corrected chi connectivity index (χ3v) is 6.34. The summed E-state index contributed by atoms with van der Waals surface area (Å²) in [6.45, 7) is 0.380. The summed E-state index contributed by atoms with van der Waals surface area (Å²) >= 11 is 3.03. The standard InChI is InChI=1S/C21H19N3O3S2/c25-18(23-21-22-16(13-29-21)17-9-6-12-28-17)10-2-1-5-11-24-19(26)14-7-3-4-8-15(14)20(24)27/h3-4,6-9,12-13H,1-2,5,10-11H2,(H,22,23,25). The normalized spacial score (nSPS) is 13.0. The average Bonchev–Trinajstić information content (AvgIpc) is 3.45. The first kappa shape index (κ1) is 19.5. The van der Waals surface area contributed by atoms with Crippen LogP contribution in [0.2, 0.25) is 0 Å². The molecule has 3 heterocycles. The highest BCUT2D eigenvalue weighted by Gasteiger charge is 2.34. The van der Waals surface area contributed by atoms with Crippen LogP contribution in [0.25, 0.3) is 10.6 Å². The van der Waals surface area contributed by atoms with Crippen LogP contribution >= 0.6 is 22.7 Å². The SMILES string of the molecule is O=C(CCCCCN1C(=O)c2ccccc2C1=O)Nc1nc(-c2cccs2)cs1. The number of carbonyl (C=O) groups is 3. The number of hydrogen-bond donors (Lipinski definition) is 1. The van der Waals surface area contributed by atoms with E-state index in [4.69, 9.17) is 0 Å². The van der Waals surface area contributed by atoms with Gasteiger partial charge in [0.1, 0.15) is 0 Å². The number of hydrogen-bond acceptors (Lipinski definition) is 6. The summed E-state index contributed by atoms with van der Waals surface area (Å²) < 4.78 is 0. The molecular weight excluding hydrogens is 406 g/mol. The smallest absolute Gasteiger partial charge is 0.261 e. The zero-order valence-corrected chi connectivity index (χ0v) is 17.2. The summed E-state index contributed by atoms with van der Waals surface area (Å²) in [4.78, 5) is 43.5. The van der Waals surface area contributed by atoms with Crippen molar-refractivity contribution in [1.29, 1.82) is 0 Å². The molecule has 4 rings (SSSR count). The van der Waals surface area contributed by atoms with Crippen LogP contribution in [0, 0.1) is 0 Å². The molecule has 0 unspecified atom stereocenters. The van der Waals surface area contributed by atoms with Crippen LogP contribution in [0.1, 0.15) is 46.4 Å². The Kier molecular flexibility index (Phi) is 5.82. The summed E-state index contributed by atoms with van der Waals surface area (Å²) in [5, 5.41) is 7.37. The molecular formula is C21H19N3O3S2. The largest absolute Gasteiger partial charge is 0.302 e. The lowest BCUT2D eigenvalue weighted by molar-refractivity contribution is -0.116. The first-order valence-electron chi connectivity index (χ1n) is 9.38. The maximum Gasteiger partial charge on any atom is 0.261 e. The molecule has 0 saturated carbocycles. The van der Waals surface area contributed by atoms with Crippen LogP contribution in [-0.2, 0) is 4.79 Å². The molecule has 3 amide bonds. The number of rotatable bonds is 8. The first-order valence-corrected chi connectivity index (χ1v) is 11.1. The molecule has 3 aromatic rings. The van der Waals surface area contributed by atoms with Gasteiger partial charge in [-0.3, -0.25) is 19.3 Å². The van der Waals surface area contributed by atoms with Crippen molar-refractivity contribution in [1.82, 2.24) is 9.88 Å². The van der Waals surface area contributed by atoms with E-state index in [1.807, 2.05) is 22.9 Å². The third-order valence-electron chi connectivity index (χ3n) is 4.69. The van der Waals surface area contributed by atoms with Crippen molar-refractivity contribution in [3.8, 4) is 10.6 Å². The molecule has 0 atom stereocenters. The molecule has 1 aromatic carbocycles. The van der Waals surface area contributed by atoms with E-state index in [9.17, 15) is 14.4 Å². The van der Waals surface area contributed by atoms with Gasteiger partial charge in [-0.05, 0) is 36.4 Å². The third kappa shape index (κ3) is 4.28. The predicted octanol–water partition coefficient (Wildman–Crippen LogP) is 4.67. The molecule has 6 nitrogen and oxygen atoms in total. The number of benzene rings is 1. The van der Waals surface area contributed by atoms with Crippen molar-refractivity contribution in [2.24, 2.45) is 0 Å². The van der Waals surface area contributed by atoms with Crippen LogP contribution in [0.4, 0.5) is 5.13 Å². The second-order valence-corrected chi connectivity index (χ2v) is 8.49. The summed E-state index contributed by atoms with van der Waals surface area (Å²) in [5.41, 5.74) is 1.82. The molecule has 1 N–H and O–H groups in total. The number of carbonyl (C=O) groups excluding carboxylic acids is 3. The van der Waals surface area contributed by atoms with Gasteiger partial charge in [-0.1, -0.05) is 24.6 Å². The minimum Gasteiger partial charge on any atom is -0.302 e. The number of unbranched alkanes of at least 4 members (excludes halogenated alkanes) is 2. The predicted molar refractivity (Wildman–Crippen MR) is 114 cm³/mol. The molecule has 1 aliphatic rings. The van der Waals surface area contributed by atoms with Gasteiger partial charge in [0, 0.05) is 18.3 Å². The number of nitrogens with zero attached hydrogens (tertiary/aromatic N) is 2. The first-order chi connectivity index (χ1) is 14.1. The number of aromatic nitrogens is 1. The van der Waals surface area contributed by atoms with Crippen molar-refractivity contribution in [2.45, 2.75) is 25.7 Å². The Balaban J connectivity index is 1.18. The highest BCUT2D eigenvalue weighted by molar-refractivity contribution is 7.16. The maximum atomic E-state index is 12.3. The van der Waals surface area contributed by atoms with Crippen molar-refractivity contribution in [3.63, 3.8) is 0 Å². The fourth-order valence-corrected chi connectivity index (χ4v) is 4.71. The van der Waals surface area contributed by atoms with E-state index >= 15 is 0 Å². The fraction of sp³-hybridized carbons (Fsp3) is 0.238. The summed E-state index contributed by atoms with van der Waals surface area (Å²) in [5.74, 6) is -0.528. The van der Waals surface area contributed by atoms with Gasteiger partial charge in [-0.15, -0.1) is 22.7 Å². The molecule has 0 radical (unpaired) electrons. The number of imide groups is 1. The molecule has 0 saturated heterocycles. The van der Waals surface area contributed by atoms with E-state index in [1.165, 1.54) is 16.2 Å². The molecule has 0 spiro atoms. The highest BCUT2D eigenvalue weighted by Crippen LogP contribution is 2.28. The number of nitrogens with one attached hydrogen (secondary N) is 1. The van der Waals surface area contributed by atoms with Gasteiger partial charge in [0.15, 0.2) is 5.13 Å². The Morgan fingerprint density at radius 1 is 0.966 bits per heavy atom. The Bertz CT molecular complexity index is 1010. The number of amides is 3. The number of anilines is 1. The Labute approximate surface area is 176 Å². The van der Waals surface area contributed by atoms with E-state index < -0.39 is 0 Å². The van der Waals surface area contributed by atoms with Crippen molar-refractivity contribution < 1.29 is 14.4 Å². The molecule has 0 bridgehead atoms. The molecule has 1 aliphatic heterocycles. The van der Waals surface area contributed by atoms with E-state index in [1.54, 1.807) is 35.6 Å². The summed E-state index contributed by atoms with van der Waals surface area (Å²) in [6.07, 6.45) is 2.52. The summed E-state index contributed by atoms with van der Waals surface area (Å²) in [6, 6.07) is 10.9. The molecule has 29 heavy (non-hydrogen) atoms. The molecule has 2 aromatic heterocycles. The second-order valence-electron chi connectivity index (χ2n) is 6.68. The molecule has 8 heteroatoms. The van der Waals surface area contributed by atoms with Crippen molar-refractivity contribution >= 4 is 45.5 Å². The Hall–Kier alpha value is -2.84. The van der Waals surface area contributed by atoms with Gasteiger partial charge in [0.25, 0.3) is 11.8 Å². The fourth-order valence-electron chi connectivity index (χ4n) is 3.22. The molecule has 0 aliphatic carbocycles. The zero-order valence-electron chi connectivity index (χ0n) is 15.6. The minimum atomic E-state index is -0.228. The van der Waals surface area contributed by atoms with Crippen LogP contribution in [-0.4, -0.2) is 34.2 Å². The number of thiazole rings is 1. The molecule has 0 fully saturated rings. The quantitative estimate of drug-likeness (QED) is 0.420. The lowest BCUT2D eigenvalue weighted by Gasteiger charge is -2.13. The van der Waals surface area contributed by atoms with Gasteiger partial charge < -0.3 is 5.32 Å². The topological polar surface area (TPSA) is 79.4 Å². The maximum absolute atomic E-state index is 12.3. The van der Waals surface area contributed by atoms with Crippen LogP contribution in [0.15, 0.2) is 47.2 Å². The van der Waals surface area contributed by atoms with Crippen LogP contribution in [0.3, 0.4) is 0 Å². The van der Waals surface area contributed by atoms with E-state index in [2.05, 4.69) is 10.3 Å². The van der Waals surface area contributed by atoms with Gasteiger partial charge >= 0.3 is 0 Å². The minimum absolute atomic E-state index is 0.0715. The van der Waals surface area contributed by atoms with E-state index in [0.717, 1.165) is 17.0 Å². The van der Waals surface area contributed by atoms with Gasteiger partial charge in [-0.2, -0.15) is 0 Å². The lowest BCUT2D eigenvalue weighted by atomic mass is 10.1. The molecule has 148 valence electrons. The van der Waals surface area contributed by atoms with Gasteiger partial charge in [-0.25, -0.2) is 4.98 Å². The summed E-state index contributed by atoms with van der Waals surface area (Å²) in [7, 11) is 0. The number of fused-ring (bicyclic) bond motifs is 1. The lowest BCUT2D eigenvalue weighted by Crippen LogP contribution is -2.30.